The first-order valence-electron chi connectivity index (χ1n) is 6.18. The fourth-order valence-corrected chi connectivity index (χ4v) is 2.02. The monoisotopic (exact) mass is 297 g/mol. The molecule has 0 spiro atoms. The van der Waals surface area contributed by atoms with Gasteiger partial charge in [-0.1, -0.05) is 0 Å². The van der Waals surface area contributed by atoms with Crippen LogP contribution in [0.25, 0.3) is 0 Å². The number of hydrogen-bond acceptors (Lipinski definition) is 2. The molecule has 2 nitrogen and oxygen atoms in total. The van der Waals surface area contributed by atoms with E-state index in [2.05, 4.69) is 0 Å². The molecular formula is C14H12BF4NO. The lowest BCUT2D eigenvalue weighted by atomic mass is 9.55. The summed E-state index contributed by atoms with van der Waals surface area (Å²) in [7, 11) is 0. The Morgan fingerprint density at radius 3 is 1.43 bits per heavy atom. The maximum absolute atomic E-state index is 13.3. The highest BCUT2D eigenvalue weighted by atomic mass is 19.1. The Labute approximate surface area is 119 Å². The molecule has 0 fully saturated rings. The largest absolute Gasteiger partial charge is 0.412 e. The van der Waals surface area contributed by atoms with Gasteiger partial charge in [0.1, 0.15) is 23.3 Å². The van der Waals surface area contributed by atoms with Crippen molar-refractivity contribution < 1.29 is 22.2 Å². The molecule has 0 aromatic heterocycles. The lowest BCUT2D eigenvalue weighted by Crippen LogP contribution is -2.49. The highest BCUT2D eigenvalue weighted by molar-refractivity contribution is 6.80. The van der Waals surface area contributed by atoms with Gasteiger partial charge in [0, 0.05) is 12.1 Å². The first-order chi connectivity index (χ1) is 9.85. The fourth-order valence-electron chi connectivity index (χ4n) is 2.02. The van der Waals surface area contributed by atoms with Crippen LogP contribution in [0.3, 0.4) is 0 Å². The Morgan fingerprint density at radius 2 is 1.14 bits per heavy atom. The normalized spacial score (nSPS) is 12.3. The van der Waals surface area contributed by atoms with Gasteiger partial charge in [0.25, 0.3) is 0 Å². The van der Waals surface area contributed by atoms with Crippen LogP contribution in [0, 0.1) is 23.3 Å². The van der Waals surface area contributed by atoms with Gasteiger partial charge < -0.3 is 10.4 Å². The van der Waals surface area contributed by atoms with Crippen molar-refractivity contribution in [3.05, 3.63) is 59.7 Å². The SMILES string of the molecule is CC(N)OB(c1cc(F)cc(F)c1)c1cc(F)cc(F)c1. The lowest BCUT2D eigenvalue weighted by molar-refractivity contribution is 0.240. The Kier molecular flexibility index (Phi) is 4.64. The molecule has 0 aliphatic heterocycles. The third kappa shape index (κ3) is 4.06. The van der Waals surface area contributed by atoms with Crippen LogP contribution in [0.1, 0.15) is 6.92 Å². The van der Waals surface area contributed by atoms with Crippen molar-refractivity contribution in [1.29, 1.82) is 0 Å². The maximum atomic E-state index is 13.3. The van der Waals surface area contributed by atoms with Crippen molar-refractivity contribution in [2.45, 2.75) is 13.2 Å². The Balaban J connectivity index is 2.51. The molecule has 110 valence electrons. The van der Waals surface area contributed by atoms with E-state index in [0.717, 1.165) is 24.3 Å². The first-order valence-corrected chi connectivity index (χ1v) is 6.18. The molecule has 0 saturated heterocycles. The second kappa shape index (κ2) is 6.28. The molecule has 0 aliphatic rings. The summed E-state index contributed by atoms with van der Waals surface area (Å²) in [5.74, 6) is -3.28. The molecule has 1 atom stereocenters. The van der Waals surface area contributed by atoms with Gasteiger partial charge in [-0.25, -0.2) is 17.6 Å². The van der Waals surface area contributed by atoms with Gasteiger partial charge in [0.15, 0.2) is 0 Å². The van der Waals surface area contributed by atoms with Crippen LogP contribution >= 0.6 is 0 Å². The summed E-state index contributed by atoms with van der Waals surface area (Å²) in [5.41, 5.74) is 5.68. The van der Waals surface area contributed by atoms with Crippen molar-refractivity contribution in [2.75, 3.05) is 0 Å². The van der Waals surface area contributed by atoms with E-state index in [9.17, 15) is 17.6 Å². The average Bonchev–Trinajstić information content (AvgIpc) is 2.33. The van der Waals surface area contributed by atoms with Crippen molar-refractivity contribution in [2.24, 2.45) is 5.73 Å². The predicted octanol–water partition coefficient (Wildman–Crippen LogP) is 1.67. The second-order valence-corrected chi connectivity index (χ2v) is 4.63. The molecule has 0 heterocycles. The van der Waals surface area contributed by atoms with E-state index in [1.54, 1.807) is 0 Å². The van der Waals surface area contributed by atoms with E-state index in [4.69, 9.17) is 10.4 Å². The minimum absolute atomic E-state index is 0.0785. The number of nitrogens with two attached hydrogens (primary N) is 1. The minimum Gasteiger partial charge on any atom is -0.412 e. The summed E-state index contributed by atoms with van der Waals surface area (Å²) < 4.78 is 58.7. The zero-order valence-electron chi connectivity index (χ0n) is 11.1. The summed E-state index contributed by atoms with van der Waals surface area (Å²) in [5, 5.41) is 0. The van der Waals surface area contributed by atoms with Crippen LogP contribution in [0.5, 0.6) is 0 Å². The third-order valence-corrected chi connectivity index (χ3v) is 2.73. The van der Waals surface area contributed by atoms with Gasteiger partial charge in [0.2, 0.25) is 0 Å². The van der Waals surface area contributed by atoms with E-state index < -0.39 is 36.4 Å². The van der Waals surface area contributed by atoms with E-state index in [-0.39, 0.29) is 10.9 Å². The van der Waals surface area contributed by atoms with Gasteiger partial charge in [-0.2, -0.15) is 0 Å². The van der Waals surface area contributed by atoms with Crippen LogP contribution < -0.4 is 16.7 Å². The highest BCUT2D eigenvalue weighted by Crippen LogP contribution is 2.06. The molecule has 2 N–H and O–H groups in total. The third-order valence-electron chi connectivity index (χ3n) is 2.73. The number of halogens is 4. The van der Waals surface area contributed by atoms with Crippen molar-refractivity contribution in [3.8, 4) is 0 Å². The van der Waals surface area contributed by atoms with Crippen LogP contribution in [0.4, 0.5) is 17.6 Å². The molecule has 2 rings (SSSR count). The predicted molar refractivity (Wildman–Crippen MR) is 72.5 cm³/mol. The molecule has 1 unspecified atom stereocenters. The lowest BCUT2D eigenvalue weighted by Gasteiger charge is -2.18. The van der Waals surface area contributed by atoms with Gasteiger partial charge in [0.05, 0.1) is 6.23 Å². The molecule has 2 aromatic rings. The Hall–Kier alpha value is -1.86. The molecule has 0 bridgehead atoms. The zero-order chi connectivity index (χ0) is 15.6. The zero-order valence-corrected chi connectivity index (χ0v) is 11.1. The van der Waals surface area contributed by atoms with Crippen LogP contribution in [-0.2, 0) is 4.65 Å². The molecule has 0 aliphatic carbocycles. The summed E-state index contributed by atoms with van der Waals surface area (Å²) in [6, 6.07) is 5.49. The van der Waals surface area contributed by atoms with Crippen LogP contribution in [0.2, 0.25) is 0 Å². The van der Waals surface area contributed by atoms with Crippen molar-refractivity contribution in [3.63, 3.8) is 0 Å². The summed E-state index contributed by atoms with van der Waals surface area (Å²) in [6.45, 7) is 0.415. The molecule has 21 heavy (non-hydrogen) atoms. The number of rotatable bonds is 4. The second-order valence-electron chi connectivity index (χ2n) is 4.63. The summed E-state index contributed by atoms with van der Waals surface area (Å²) in [6.07, 6.45) is -0.798. The topological polar surface area (TPSA) is 35.2 Å². The molecule has 0 saturated carbocycles. The van der Waals surface area contributed by atoms with Crippen LogP contribution in [-0.4, -0.2) is 13.1 Å². The smallest absolute Gasteiger partial charge is 0.363 e. The molecule has 7 heteroatoms. The molecule has 2 aromatic carbocycles. The van der Waals surface area contributed by atoms with Crippen LogP contribution in [0.15, 0.2) is 36.4 Å². The quantitative estimate of drug-likeness (QED) is 0.529. The van der Waals surface area contributed by atoms with E-state index in [0.29, 0.717) is 12.1 Å². The average molecular weight is 297 g/mol. The Morgan fingerprint density at radius 1 is 0.810 bits per heavy atom. The fraction of sp³-hybridized carbons (Fsp3) is 0.143. The van der Waals surface area contributed by atoms with Crippen molar-refractivity contribution >= 4 is 17.8 Å². The molecule has 0 amide bonds. The maximum Gasteiger partial charge on any atom is 0.363 e. The van der Waals surface area contributed by atoms with E-state index >= 15 is 0 Å². The van der Waals surface area contributed by atoms with Gasteiger partial charge in [-0.3, -0.25) is 0 Å². The van der Waals surface area contributed by atoms with E-state index in [1.165, 1.54) is 6.92 Å². The minimum atomic E-state index is -1.08. The van der Waals surface area contributed by atoms with Gasteiger partial charge in [-0.15, -0.1) is 0 Å². The molecular weight excluding hydrogens is 285 g/mol. The summed E-state index contributed by atoms with van der Waals surface area (Å²) >= 11 is 0. The Bertz CT molecular complexity index is 559. The van der Waals surface area contributed by atoms with Gasteiger partial charge in [-0.05, 0) is 42.1 Å². The van der Waals surface area contributed by atoms with Crippen molar-refractivity contribution in [1.82, 2.24) is 0 Å². The first kappa shape index (κ1) is 15.5. The number of benzene rings is 2. The van der Waals surface area contributed by atoms with Gasteiger partial charge >= 0.3 is 6.92 Å². The number of hydrogen-bond donors (Lipinski definition) is 1. The van der Waals surface area contributed by atoms with E-state index in [1.807, 2.05) is 0 Å². The standard InChI is InChI=1S/C14H12BF4NO/c1-8(20)21-15(9-2-11(16)6-12(17)3-9)10-4-13(18)7-14(19)5-10/h2-8H,20H2,1H3. The summed E-state index contributed by atoms with van der Waals surface area (Å²) in [4.78, 5) is 0. The molecule has 0 radical (unpaired) electrons. The highest BCUT2D eigenvalue weighted by Gasteiger charge is 2.25.